The number of carbonyl (C=O) groups excluding carboxylic acids is 1. The number of hydrogen-bond acceptors (Lipinski definition) is 5. The fraction of sp³-hybridized carbons (Fsp3) is 0.182. The Bertz CT molecular complexity index is 1140. The van der Waals surface area contributed by atoms with Gasteiger partial charge in [0.05, 0.1) is 6.54 Å². The van der Waals surface area contributed by atoms with Gasteiger partial charge in [0.2, 0.25) is 5.69 Å². The zero-order chi connectivity index (χ0) is 21.1. The standard InChI is InChI=1S/C22H18N4O4/c1-14-24-20(21(25-14)26(28)29)11-6-12-23-22(27)30-13-19-17-9-4-2-7-15(17)16-8-3-5-10-18(16)19/h2-5,7-10,19H,12-13H2,1H3,(H,23,27)(H,24,25). The minimum atomic E-state index is -0.598. The Morgan fingerprint density at radius 2 is 1.83 bits per heavy atom. The molecule has 1 aromatic heterocycles. The van der Waals surface area contributed by atoms with Crippen LogP contribution in [0.2, 0.25) is 0 Å². The largest absolute Gasteiger partial charge is 0.449 e. The van der Waals surface area contributed by atoms with E-state index >= 15 is 0 Å². The molecule has 0 fully saturated rings. The lowest BCUT2D eigenvalue weighted by Crippen LogP contribution is -2.26. The summed E-state index contributed by atoms with van der Waals surface area (Å²) in [7, 11) is 0. The first-order valence-corrected chi connectivity index (χ1v) is 9.33. The smallest absolute Gasteiger partial charge is 0.407 e. The number of nitro groups is 1. The Morgan fingerprint density at radius 3 is 2.47 bits per heavy atom. The van der Waals surface area contributed by atoms with E-state index < -0.39 is 11.0 Å². The van der Waals surface area contributed by atoms with Crippen molar-refractivity contribution >= 4 is 11.9 Å². The number of carbonyl (C=O) groups is 1. The zero-order valence-corrected chi connectivity index (χ0v) is 16.1. The predicted octanol–water partition coefficient (Wildman–Crippen LogP) is 3.52. The van der Waals surface area contributed by atoms with Gasteiger partial charge in [-0.3, -0.25) is 0 Å². The molecule has 0 atom stereocenters. The van der Waals surface area contributed by atoms with Gasteiger partial charge in [-0.05, 0) is 33.1 Å². The van der Waals surface area contributed by atoms with Crippen LogP contribution < -0.4 is 5.32 Å². The number of H-pyrrole nitrogens is 1. The molecule has 1 aliphatic rings. The summed E-state index contributed by atoms with van der Waals surface area (Å²) >= 11 is 0. The zero-order valence-electron chi connectivity index (χ0n) is 16.1. The van der Waals surface area contributed by atoms with Crippen molar-refractivity contribution in [2.75, 3.05) is 13.2 Å². The predicted molar refractivity (Wildman–Crippen MR) is 110 cm³/mol. The van der Waals surface area contributed by atoms with E-state index in [2.05, 4.69) is 39.3 Å². The molecule has 0 radical (unpaired) electrons. The molecule has 150 valence electrons. The highest BCUT2D eigenvalue weighted by Gasteiger charge is 2.28. The van der Waals surface area contributed by atoms with Crippen molar-refractivity contribution in [1.29, 1.82) is 0 Å². The molecule has 0 saturated carbocycles. The van der Waals surface area contributed by atoms with Crippen LogP contribution in [0.15, 0.2) is 48.5 Å². The molecule has 3 aromatic rings. The van der Waals surface area contributed by atoms with Gasteiger partial charge < -0.3 is 20.2 Å². The fourth-order valence-electron chi connectivity index (χ4n) is 3.59. The van der Waals surface area contributed by atoms with Crippen LogP contribution in [-0.2, 0) is 4.74 Å². The number of aryl methyl sites for hydroxylation is 1. The van der Waals surface area contributed by atoms with Crippen LogP contribution in [-0.4, -0.2) is 34.1 Å². The third-order valence-corrected chi connectivity index (χ3v) is 4.86. The second-order valence-corrected chi connectivity index (χ2v) is 6.76. The number of fused-ring (bicyclic) bond motifs is 3. The van der Waals surface area contributed by atoms with Gasteiger partial charge in [0.25, 0.3) is 0 Å². The van der Waals surface area contributed by atoms with Gasteiger partial charge in [-0.1, -0.05) is 54.5 Å². The minimum Gasteiger partial charge on any atom is -0.449 e. The number of nitrogens with one attached hydrogen (secondary N) is 2. The number of imidazole rings is 1. The Kier molecular flexibility index (Phi) is 5.18. The summed E-state index contributed by atoms with van der Waals surface area (Å²) in [5.41, 5.74) is 4.61. The number of benzene rings is 2. The first-order valence-electron chi connectivity index (χ1n) is 9.33. The van der Waals surface area contributed by atoms with E-state index in [9.17, 15) is 14.9 Å². The molecule has 8 heteroatoms. The highest BCUT2D eigenvalue weighted by Crippen LogP contribution is 2.44. The molecular formula is C22H18N4O4. The van der Waals surface area contributed by atoms with Gasteiger partial charge >= 0.3 is 11.9 Å². The summed E-state index contributed by atoms with van der Waals surface area (Å²) in [6.07, 6.45) is -0.598. The van der Waals surface area contributed by atoms with Gasteiger partial charge in [0, 0.05) is 12.8 Å². The molecule has 2 aromatic carbocycles. The molecule has 4 rings (SSSR count). The maximum absolute atomic E-state index is 12.1. The summed E-state index contributed by atoms with van der Waals surface area (Å²) in [6, 6.07) is 16.2. The van der Waals surface area contributed by atoms with Crippen molar-refractivity contribution in [3.63, 3.8) is 0 Å². The third-order valence-electron chi connectivity index (χ3n) is 4.86. The fourth-order valence-corrected chi connectivity index (χ4v) is 3.59. The van der Waals surface area contributed by atoms with Crippen molar-refractivity contribution in [3.8, 4) is 23.0 Å². The number of ether oxygens (including phenoxy) is 1. The lowest BCUT2D eigenvalue weighted by Gasteiger charge is -2.14. The van der Waals surface area contributed by atoms with Crippen molar-refractivity contribution in [1.82, 2.24) is 15.3 Å². The summed E-state index contributed by atoms with van der Waals surface area (Å²) in [5.74, 6) is 5.35. The molecule has 30 heavy (non-hydrogen) atoms. The molecule has 0 bridgehead atoms. The van der Waals surface area contributed by atoms with Crippen LogP contribution in [0.5, 0.6) is 0 Å². The second-order valence-electron chi connectivity index (χ2n) is 6.76. The van der Waals surface area contributed by atoms with Gasteiger partial charge in [-0.2, -0.15) is 4.98 Å². The first kappa shape index (κ1) is 19.2. The summed E-state index contributed by atoms with van der Waals surface area (Å²) < 4.78 is 5.41. The van der Waals surface area contributed by atoms with Crippen LogP contribution in [0.25, 0.3) is 11.1 Å². The van der Waals surface area contributed by atoms with Gasteiger partial charge in [-0.25, -0.2) is 9.78 Å². The van der Waals surface area contributed by atoms with Crippen molar-refractivity contribution in [3.05, 3.63) is 81.3 Å². The molecule has 8 nitrogen and oxygen atoms in total. The van der Waals surface area contributed by atoms with E-state index in [1.807, 2.05) is 36.4 Å². The number of hydrogen-bond donors (Lipinski definition) is 2. The summed E-state index contributed by atoms with van der Waals surface area (Å²) in [5, 5.41) is 13.5. The number of nitrogens with zero attached hydrogens (tertiary/aromatic N) is 2. The lowest BCUT2D eigenvalue weighted by molar-refractivity contribution is -0.389. The number of aromatic nitrogens is 2. The Balaban J connectivity index is 1.36. The Morgan fingerprint density at radius 1 is 1.20 bits per heavy atom. The van der Waals surface area contributed by atoms with Crippen molar-refractivity contribution < 1.29 is 14.5 Å². The average Bonchev–Trinajstić information content (AvgIpc) is 3.27. The minimum absolute atomic E-state index is 0.0142. The average molecular weight is 402 g/mol. The lowest BCUT2D eigenvalue weighted by atomic mass is 9.98. The van der Waals surface area contributed by atoms with Gasteiger partial charge in [0.1, 0.15) is 6.61 Å². The van der Waals surface area contributed by atoms with E-state index in [0.717, 1.165) is 22.3 Å². The number of alkyl carbamates (subject to hydrolysis) is 1. The van der Waals surface area contributed by atoms with Crippen LogP contribution in [0.3, 0.4) is 0 Å². The molecule has 1 aliphatic carbocycles. The monoisotopic (exact) mass is 402 g/mol. The van der Waals surface area contributed by atoms with Crippen LogP contribution in [0.4, 0.5) is 10.6 Å². The molecule has 1 heterocycles. The van der Waals surface area contributed by atoms with Crippen LogP contribution in [0.1, 0.15) is 28.6 Å². The third kappa shape index (κ3) is 3.73. The maximum Gasteiger partial charge on any atom is 0.407 e. The van der Waals surface area contributed by atoms with Crippen molar-refractivity contribution in [2.45, 2.75) is 12.8 Å². The summed E-state index contributed by atoms with van der Waals surface area (Å²) in [4.78, 5) is 28.9. The molecule has 0 unspecified atom stereocenters. The highest BCUT2D eigenvalue weighted by atomic mass is 16.6. The number of rotatable bonds is 4. The molecule has 0 aliphatic heterocycles. The van der Waals surface area contributed by atoms with E-state index in [0.29, 0.717) is 5.82 Å². The number of aromatic amines is 1. The Hall–Kier alpha value is -4.12. The molecular weight excluding hydrogens is 384 g/mol. The maximum atomic E-state index is 12.1. The van der Waals surface area contributed by atoms with Gasteiger partial charge in [0.15, 0.2) is 5.82 Å². The molecule has 0 spiro atoms. The molecule has 1 amide bonds. The second kappa shape index (κ2) is 8.09. The number of amides is 1. The van der Waals surface area contributed by atoms with Crippen LogP contribution >= 0.6 is 0 Å². The highest BCUT2D eigenvalue weighted by molar-refractivity contribution is 5.79. The quantitative estimate of drug-likeness (QED) is 0.394. The van der Waals surface area contributed by atoms with E-state index in [4.69, 9.17) is 4.74 Å². The van der Waals surface area contributed by atoms with Crippen molar-refractivity contribution in [2.24, 2.45) is 0 Å². The van der Waals surface area contributed by atoms with E-state index in [-0.39, 0.29) is 30.6 Å². The van der Waals surface area contributed by atoms with E-state index in [1.165, 1.54) is 0 Å². The topological polar surface area (TPSA) is 110 Å². The van der Waals surface area contributed by atoms with E-state index in [1.54, 1.807) is 6.92 Å². The first-order chi connectivity index (χ1) is 14.5. The normalized spacial score (nSPS) is 11.8. The summed E-state index contributed by atoms with van der Waals surface area (Å²) in [6.45, 7) is 1.80. The molecule has 0 saturated heterocycles. The van der Waals surface area contributed by atoms with Crippen LogP contribution in [0, 0.1) is 28.9 Å². The van der Waals surface area contributed by atoms with Gasteiger partial charge in [-0.15, -0.1) is 0 Å². The molecule has 2 N–H and O–H groups in total. The Labute approximate surface area is 172 Å². The SMILES string of the molecule is Cc1nc(C#CCNC(=O)OCC2c3ccccc3-c3ccccc32)c([N+](=O)[O-])[nH]1.